The fourth-order valence-corrected chi connectivity index (χ4v) is 5.56. The normalized spacial score (nSPS) is 26.8. The smallest absolute Gasteiger partial charge is 0.221 e. The fourth-order valence-electron chi connectivity index (χ4n) is 2.38. The summed E-state index contributed by atoms with van der Waals surface area (Å²) in [5.74, 6) is 0. The van der Waals surface area contributed by atoms with Crippen LogP contribution in [0.5, 0.6) is 0 Å². The van der Waals surface area contributed by atoms with Crippen LogP contribution in [-0.2, 0) is 10.0 Å². The molecule has 1 saturated carbocycles. The summed E-state index contributed by atoms with van der Waals surface area (Å²) in [6.07, 6.45) is 6.67. The lowest BCUT2D eigenvalue weighted by molar-refractivity contribution is 0.422. The first-order valence-corrected chi connectivity index (χ1v) is 9.49. The minimum absolute atomic E-state index is 0.0159. The molecule has 0 aromatic carbocycles. The summed E-state index contributed by atoms with van der Waals surface area (Å²) in [4.78, 5) is 0.0570. The van der Waals surface area contributed by atoms with Crippen molar-refractivity contribution in [2.45, 2.75) is 55.6 Å². The molecule has 0 aromatic heterocycles. The van der Waals surface area contributed by atoms with Crippen molar-refractivity contribution >= 4 is 39.0 Å². The fraction of sp³-hybridized carbons (Fsp3) is 0.909. The quantitative estimate of drug-likeness (QED) is 0.730. The molecule has 7 heteroatoms. The van der Waals surface area contributed by atoms with Crippen LogP contribution in [0.25, 0.3) is 0 Å². The second-order valence-electron chi connectivity index (χ2n) is 4.63. The molecule has 0 bridgehead atoms. The highest BCUT2D eigenvalue weighted by atomic mass is 32.2. The second kappa shape index (κ2) is 7.07. The zero-order valence-corrected chi connectivity index (χ0v) is 13.3. The van der Waals surface area contributed by atoms with Crippen molar-refractivity contribution in [1.82, 2.24) is 4.72 Å². The Balaban J connectivity index is 2.77. The summed E-state index contributed by atoms with van der Waals surface area (Å²) < 4.78 is 27.3. The van der Waals surface area contributed by atoms with Gasteiger partial charge in [-0.2, -0.15) is 11.8 Å². The molecule has 1 aliphatic carbocycles. The molecule has 106 valence electrons. The highest BCUT2D eigenvalue weighted by Crippen LogP contribution is 2.28. The van der Waals surface area contributed by atoms with E-state index in [1.807, 2.05) is 6.26 Å². The third kappa shape index (κ3) is 4.08. The average molecular weight is 311 g/mol. The minimum Gasteiger partial charge on any atom is -0.392 e. The first-order chi connectivity index (χ1) is 8.42. The SMILES string of the molecule is CCC(C(N)=S)S(=O)(=O)NC1CCCCC1SC. The van der Waals surface area contributed by atoms with Gasteiger partial charge in [0.25, 0.3) is 0 Å². The van der Waals surface area contributed by atoms with E-state index in [1.54, 1.807) is 18.7 Å². The molecule has 0 aromatic rings. The van der Waals surface area contributed by atoms with Crippen molar-refractivity contribution in [1.29, 1.82) is 0 Å². The maximum Gasteiger partial charge on any atom is 0.221 e. The topological polar surface area (TPSA) is 72.2 Å². The number of nitrogens with one attached hydrogen (secondary N) is 1. The van der Waals surface area contributed by atoms with Crippen molar-refractivity contribution in [3.63, 3.8) is 0 Å². The molecule has 0 radical (unpaired) electrons. The van der Waals surface area contributed by atoms with Crippen LogP contribution in [0.15, 0.2) is 0 Å². The molecule has 3 unspecified atom stereocenters. The second-order valence-corrected chi connectivity index (χ2v) is 8.07. The highest BCUT2D eigenvalue weighted by Gasteiger charge is 2.33. The van der Waals surface area contributed by atoms with Crippen LogP contribution < -0.4 is 10.5 Å². The molecule has 1 aliphatic rings. The van der Waals surface area contributed by atoms with Gasteiger partial charge in [0, 0.05) is 11.3 Å². The van der Waals surface area contributed by atoms with Crippen molar-refractivity contribution in [2.24, 2.45) is 5.73 Å². The maximum atomic E-state index is 12.2. The van der Waals surface area contributed by atoms with Crippen molar-refractivity contribution < 1.29 is 8.42 Å². The molecular formula is C11H22N2O2S3. The predicted octanol–water partition coefficient (Wildman–Crippen LogP) is 1.64. The molecule has 0 heterocycles. The Bertz CT molecular complexity index is 384. The van der Waals surface area contributed by atoms with E-state index in [2.05, 4.69) is 4.72 Å². The van der Waals surface area contributed by atoms with Gasteiger partial charge in [0.1, 0.15) is 5.25 Å². The summed E-state index contributed by atoms with van der Waals surface area (Å²) in [7, 11) is -3.44. The number of nitrogens with two attached hydrogens (primary N) is 1. The van der Waals surface area contributed by atoms with Crippen molar-refractivity contribution in [2.75, 3.05) is 6.26 Å². The van der Waals surface area contributed by atoms with E-state index in [1.165, 1.54) is 6.42 Å². The Kier molecular flexibility index (Phi) is 6.37. The Labute approximate surface area is 120 Å². The lowest BCUT2D eigenvalue weighted by Crippen LogP contribution is -2.49. The van der Waals surface area contributed by atoms with Gasteiger partial charge >= 0.3 is 0 Å². The monoisotopic (exact) mass is 310 g/mol. The number of hydrogen-bond acceptors (Lipinski definition) is 4. The highest BCUT2D eigenvalue weighted by molar-refractivity contribution is 7.99. The van der Waals surface area contributed by atoms with Gasteiger partial charge in [-0.3, -0.25) is 0 Å². The lowest BCUT2D eigenvalue weighted by atomic mass is 9.96. The number of thioether (sulfide) groups is 1. The van der Waals surface area contributed by atoms with Crippen LogP contribution in [0.4, 0.5) is 0 Å². The summed E-state index contributed by atoms with van der Waals surface area (Å²) in [5, 5.41) is -0.394. The number of hydrogen-bond donors (Lipinski definition) is 2. The maximum absolute atomic E-state index is 12.2. The zero-order valence-electron chi connectivity index (χ0n) is 10.9. The van der Waals surface area contributed by atoms with Gasteiger partial charge in [-0.15, -0.1) is 0 Å². The Hall–Kier alpha value is 0.150. The molecule has 3 N–H and O–H groups in total. The van der Waals surface area contributed by atoms with Gasteiger partial charge in [-0.05, 0) is 25.5 Å². The zero-order chi connectivity index (χ0) is 13.8. The van der Waals surface area contributed by atoms with Crippen molar-refractivity contribution in [3.05, 3.63) is 0 Å². The van der Waals surface area contributed by atoms with Gasteiger partial charge in [-0.25, -0.2) is 13.1 Å². The van der Waals surface area contributed by atoms with Crippen LogP contribution in [-0.4, -0.2) is 36.2 Å². The van der Waals surface area contributed by atoms with E-state index in [9.17, 15) is 8.42 Å². The predicted molar refractivity (Wildman–Crippen MR) is 82.5 cm³/mol. The third-order valence-corrected chi connectivity index (χ3v) is 6.95. The van der Waals surface area contributed by atoms with Crippen LogP contribution >= 0.6 is 24.0 Å². The molecule has 0 spiro atoms. The molecule has 1 rings (SSSR count). The van der Waals surface area contributed by atoms with E-state index in [4.69, 9.17) is 18.0 Å². The molecule has 18 heavy (non-hydrogen) atoms. The van der Waals surface area contributed by atoms with Gasteiger partial charge in [0.15, 0.2) is 0 Å². The number of thiocarbonyl (C=S) groups is 1. The van der Waals surface area contributed by atoms with E-state index >= 15 is 0 Å². The first-order valence-electron chi connectivity index (χ1n) is 6.25. The van der Waals surface area contributed by atoms with Crippen LogP contribution in [0.3, 0.4) is 0 Å². The summed E-state index contributed by atoms with van der Waals surface area (Å²) in [6.45, 7) is 1.79. The Morgan fingerprint density at radius 1 is 1.50 bits per heavy atom. The summed E-state index contributed by atoms with van der Waals surface area (Å²) in [6, 6.07) is 0.0159. The molecular weight excluding hydrogens is 288 g/mol. The molecule has 4 nitrogen and oxygen atoms in total. The average Bonchev–Trinajstić information content (AvgIpc) is 2.29. The molecule has 0 saturated heterocycles. The van der Waals surface area contributed by atoms with E-state index in [0.29, 0.717) is 11.7 Å². The van der Waals surface area contributed by atoms with Gasteiger partial charge in [0.2, 0.25) is 10.0 Å². The van der Waals surface area contributed by atoms with E-state index in [-0.39, 0.29) is 11.0 Å². The van der Waals surface area contributed by atoms with Gasteiger partial charge in [-0.1, -0.05) is 32.0 Å². The van der Waals surface area contributed by atoms with Crippen LogP contribution in [0.2, 0.25) is 0 Å². The molecule has 1 fully saturated rings. The summed E-state index contributed by atoms with van der Waals surface area (Å²) in [5.41, 5.74) is 5.51. The largest absolute Gasteiger partial charge is 0.392 e. The standard InChI is InChI=1S/C11H22N2O2S3/c1-3-10(11(12)16)18(14,15)13-8-6-4-5-7-9(8)17-2/h8-10,13H,3-7H2,1-2H3,(H2,12,16). The van der Waals surface area contributed by atoms with Crippen molar-refractivity contribution in [3.8, 4) is 0 Å². The Morgan fingerprint density at radius 3 is 2.61 bits per heavy atom. The van der Waals surface area contributed by atoms with E-state index in [0.717, 1.165) is 19.3 Å². The first kappa shape index (κ1) is 16.2. The number of rotatable bonds is 6. The summed E-state index contributed by atoms with van der Waals surface area (Å²) >= 11 is 6.57. The molecule has 3 atom stereocenters. The van der Waals surface area contributed by atoms with Crippen LogP contribution in [0, 0.1) is 0 Å². The van der Waals surface area contributed by atoms with Gasteiger partial charge in [0.05, 0.1) is 4.99 Å². The third-order valence-electron chi connectivity index (χ3n) is 3.38. The lowest BCUT2D eigenvalue weighted by Gasteiger charge is -2.31. The molecule has 0 aliphatic heterocycles. The van der Waals surface area contributed by atoms with E-state index < -0.39 is 15.3 Å². The Morgan fingerprint density at radius 2 is 2.11 bits per heavy atom. The van der Waals surface area contributed by atoms with Crippen LogP contribution in [0.1, 0.15) is 39.0 Å². The number of sulfonamides is 1. The van der Waals surface area contributed by atoms with Gasteiger partial charge < -0.3 is 5.73 Å². The molecule has 0 amide bonds. The minimum atomic E-state index is -3.44.